The number of carbonyl (C=O) groups excluding carboxylic acids is 2. The number of hydrogen-bond donors (Lipinski definition) is 0. The van der Waals surface area contributed by atoms with Crippen molar-refractivity contribution in [2.45, 2.75) is 13.5 Å². The highest BCUT2D eigenvalue weighted by molar-refractivity contribution is 5.94. The monoisotopic (exact) mass is 395 g/mol. The Labute approximate surface area is 169 Å². The van der Waals surface area contributed by atoms with Gasteiger partial charge in [-0.1, -0.05) is 12.1 Å². The lowest BCUT2D eigenvalue weighted by Gasteiger charge is -2.18. The molecule has 0 aliphatic heterocycles. The number of rotatable bonds is 6. The standard InChI is InChI=1S/C21H25N5O3/c1-14-18-10-16(11-22-20(18)26(5)23-14)21(28)29-13-19(27)25(4)12-15-6-8-17(9-7-15)24(2)3/h6-11H,12-13H2,1-5H3. The molecule has 3 rings (SSSR count). The number of esters is 1. The van der Waals surface area contributed by atoms with Crippen LogP contribution in [0.2, 0.25) is 0 Å². The van der Waals surface area contributed by atoms with E-state index in [-0.39, 0.29) is 12.5 Å². The van der Waals surface area contributed by atoms with E-state index in [4.69, 9.17) is 4.74 Å². The first-order valence-electron chi connectivity index (χ1n) is 9.23. The summed E-state index contributed by atoms with van der Waals surface area (Å²) in [4.78, 5) is 32.5. The van der Waals surface area contributed by atoms with E-state index in [1.165, 1.54) is 11.1 Å². The zero-order valence-corrected chi connectivity index (χ0v) is 17.3. The first kappa shape index (κ1) is 20.3. The Balaban J connectivity index is 1.58. The van der Waals surface area contributed by atoms with E-state index in [0.29, 0.717) is 17.8 Å². The third-order valence-electron chi connectivity index (χ3n) is 4.72. The topological polar surface area (TPSA) is 80.6 Å². The number of nitrogens with zero attached hydrogens (tertiary/aromatic N) is 5. The molecule has 0 fully saturated rings. The number of fused-ring (bicyclic) bond motifs is 1. The maximum absolute atomic E-state index is 12.3. The van der Waals surface area contributed by atoms with E-state index < -0.39 is 5.97 Å². The average molecular weight is 395 g/mol. The van der Waals surface area contributed by atoms with E-state index in [1.807, 2.05) is 50.2 Å². The second-order valence-electron chi connectivity index (χ2n) is 7.19. The van der Waals surface area contributed by atoms with Crippen LogP contribution in [-0.4, -0.2) is 59.3 Å². The van der Waals surface area contributed by atoms with Crippen molar-refractivity contribution in [2.24, 2.45) is 7.05 Å². The van der Waals surface area contributed by atoms with Gasteiger partial charge in [0, 0.05) is 52.0 Å². The van der Waals surface area contributed by atoms with Gasteiger partial charge in [-0.2, -0.15) is 5.10 Å². The van der Waals surface area contributed by atoms with Gasteiger partial charge in [0.25, 0.3) is 5.91 Å². The number of ether oxygens (including phenoxy) is 1. The minimum absolute atomic E-state index is 0.276. The number of aromatic nitrogens is 3. The molecule has 8 nitrogen and oxygen atoms in total. The molecule has 0 unspecified atom stereocenters. The molecular formula is C21H25N5O3. The second-order valence-corrected chi connectivity index (χ2v) is 7.19. The summed E-state index contributed by atoms with van der Waals surface area (Å²) < 4.78 is 6.85. The lowest BCUT2D eigenvalue weighted by molar-refractivity contribution is -0.133. The summed E-state index contributed by atoms with van der Waals surface area (Å²) in [6, 6.07) is 9.63. The Morgan fingerprint density at radius 1 is 1.14 bits per heavy atom. The predicted molar refractivity (Wildman–Crippen MR) is 111 cm³/mol. The number of carbonyl (C=O) groups is 2. The van der Waals surface area contributed by atoms with Gasteiger partial charge in [-0.3, -0.25) is 9.48 Å². The summed E-state index contributed by atoms with van der Waals surface area (Å²) in [5, 5.41) is 5.07. The van der Waals surface area contributed by atoms with Gasteiger partial charge < -0.3 is 14.5 Å². The van der Waals surface area contributed by atoms with E-state index in [9.17, 15) is 9.59 Å². The molecule has 0 spiro atoms. The van der Waals surface area contributed by atoms with Crippen molar-refractivity contribution in [1.82, 2.24) is 19.7 Å². The number of aryl methyl sites for hydroxylation is 2. The van der Waals surface area contributed by atoms with Crippen molar-refractivity contribution in [1.29, 1.82) is 0 Å². The van der Waals surface area contributed by atoms with Gasteiger partial charge in [0.15, 0.2) is 12.3 Å². The summed E-state index contributed by atoms with van der Waals surface area (Å²) in [6.07, 6.45) is 1.44. The molecule has 1 amide bonds. The van der Waals surface area contributed by atoms with E-state index in [0.717, 1.165) is 22.3 Å². The normalized spacial score (nSPS) is 10.8. The molecule has 3 aromatic rings. The number of benzene rings is 1. The van der Waals surface area contributed by atoms with Crippen molar-refractivity contribution < 1.29 is 14.3 Å². The summed E-state index contributed by atoms with van der Waals surface area (Å²) >= 11 is 0. The van der Waals surface area contributed by atoms with E-state index in [2.05, 4.69) is 10.1 Å². The van der Waals surface area contributed by atoms with Gasteiger partial charge in [0.05, 0.1) is 11.3 Å². The zero-order valence-electron chi connectivity index (χ0n) is 17.3. The van der Waals surface area contributed by atoms with Gasteiger partial charge in [-0.15, -0.1) is 0 Å². The number of likely N-dealkylation sites (N-methyl/N-ethyl adjacent to an activating group) is 1. The van der Waals surface area contributed by atoms with Gasteiger partial charge in [-0.25, -0.2) is 9.78 Å². The minimum atomic E-state index is -0.584. The Kier molecular flexibility index (Phi) is 5.81. The molecule has 152 valence electrons. The molecule has 0 radical (unpaired) electrons. The maximum atomic E-state index is 12.3. The predicted octanol–water partition coefficient (Wildman–Crippen LogP) is 2.16. The quantitative estimate of drug-likeness (QED) is 0.595. The number of amides is 1. The fraction of sp³-hybridized carbons (Fsp3) is 0.333. The Morgan fingerprint density at radius 2 is 1.83 bits per heavy atom. The van der Waals surface area contributed by atoms with Gasteiger partial charge in [0.2, 0.25) is 0 Å². The van der Waals surface area contributed by atoms with Crippen LogP contribution < -0.4 is 4.90 Å². The summed E-state index contributed by atoms with van der Waals surface area (Å²) in [5.41, 5.74) is 3.85. The van der Waals surface area contributed by atoms with E-state index in [1.54, 1.807) is 24.8 Å². The van der Waals surface area contributed by atoms with Crippen LogP contribution in [0.3, 0.4) is 0 Å². The third-order valence-corrected chi connectivity index (χ3v) is 4.72. The molecule has 0 aliphatic carbocycles. The maximum Gasteiger partial charge on any atom is 0.340 e. The summed E-state index contributed by atoms with van der Waals surface area (Å²) in [5.74, 6) is -0.860. The molecular weight excluding hydrogens is 370 g/mol. The van der Waals surface area contributed by atoms with Crippen LogP contribution in [-0.2, 0) is 23.1 Å². The van der Waals surface area contributed by atoms with Crippen molar-refractivity contribution in [3.05, 3.63) is 53.3 Å². The highest BCUT2D eigenvalue weighted by Crippen LogP contribution is 2.17. The molecule has 29 heavy (non-hydrogen) atoms. The zero-order chi connectivity index (χ0) is 21.1. The fourth-order valence-electron chi connectivity index (χ4n) is 3.00. The van der Waals surface area contributed by atoms with Crippen LogP contribution in [0.25, 0.3) is 11.0 Å². The Bertz CT molecular complexity index is 1040. The molecule has 0 saturated carbocycles. The smallest absolute Gasteiger partial charge is 0.340 e. The minimum Gasteiger partial charge on any atom is -0.452 e. The molecule has 2 heterocycles. The van der Waals surface area contributed by atoms with Crippen molar-refractivity contribution in [2.75, 3.05) is 32.6 Å². The molecule has 2 aromatic heterocycles. The van der Waals surface area contributed by atoms with Gasteiger partial charge in [-0.05, 0) is 30.7 Å². The number of hydrogen-bond acceptors (Lipinski definition) is 6. The van der Waals surface area contributed by atoms with Crippen LogP contribution in [0.4, 0.5) is 5.69 Å². The molecule has 0 bridgehead atoms. The molecule has 0 N–H and O–H groups in total. The molecule has 0 saturated heterocycles. The number of pyridine rings is 1. The van der Waals surface area contributed by atoms with Crippen molar-refractivity contribution in [3.63, 3.8) is 0 Å². The van der Waals surface area contributed by atoms with Gasteiger partial charge in [0.1, 0.15) is 0 Å². The Hall–Kier alpha value is -3.42. The van der Waals surface area contributed by atoms with Crippen LogP contribution >= 0.6 is 0 Å². The van der Waals surface area contributed by atoms with E-state index >= 15 is 0 Å². The molecule has 8 heteroatoms. The first-order chi connectivity index (χ1) is 13.8. The summed E-state index contributed by atoms with van der Waals surface area (Å²) in [6.45, 7) is 1.96. The Morgan fingerprint density at radius 3 is 2.48 bits per heavy atom. The lowest BCUT2D eigenvalue weighted by Crippen LogP contribution is -2.30. The third kappa shape index (κ3) is 4.53. The molecule has 0 atom stereocenters. The van der Waals surface area contributed by atoms with Crippen molar-refractivity contribution >= 4 is 28.6 Å². The van der Waals surface area contributed by atoms with Crippen LogP contribution in [0.1, 0.15) is 21.6 Å². The summed E-state index contributed by atoms with van der Waals surface area (Å²) in [7, 11) is 7.43. The highest BCUT2D eigenvalue weighted by atomic mass is 16.5. The van der Waals surface area contributed by atoms with Crippen molar-refractivity contribution in [3.8, 4) is 0 Å². The highest BCUT2D eigenvalue weighted by Gasteiger charge is 2.16. The van der Waals surface area contributed by atoms with Crippen LogP contribution in [0.15, 0.2) is 36.5 Å². The lowest BCUT2D eigenvalue weighted by atomic mass is 10.2. The number of anilines is 1. The van der Waals surface area contributed by atoms with Crippen LogP contribution in [0.5, 0.6) is 0 Å². The molecule has 1 aromatic carbocycles. The molecule has 0 aliphatic rings. The average Bonchev–Trinajstić information content (AvgIpc) is 2.99. The first-order valence-corrected chi connectivity index (χ1v) is 9.23. The van der Waals surface area contributed by atoms with Gasteiger partial charge >= 0.3 is 5.97 Å². The largest absolute Gasteiger partial charge is 0.452 e. The second kappa shape index (κ2) is 8.30. The van der Waals surface area contributed by atoms with Crippen LogP contribution in [0, 0.1) is 6.92 Å². The SMILES string of the molecule is Cc1nn(C)c2ncc(C(=O)OCC(=O)N(C)Cc3ccc(N(C)C)cc3)cc12. The fourth-order valence-corrected chi connectivity index (χ4v) is 3.00.